The molecule has 0 bridgehead atoms. The lowest BCUT2D eigenvalue weighted by atomic mass is 9.63. The minimum Gasteiger partial charge on any atom is -0.0654 e. The Morgan fingerprint density at radius 3 is 1.82 bits per heavy atom. The van der Waals surface area contributed by atoms with Crippen molar-refractivity contribution >= 4 is 0 Å². The zero-order valence-electron chi connectivity index (χ0n) is 14.4. The highest BCUT2D eigenvalue weighted by molar-refractivity contribution is 5.33. The van der Waals surface area contributed by atoms with Crippen LogP contribution in [0.4, 0.5) is 0 Å². The molecule has 1 unspecified atom stereocenters. The van der Waals surface area contributed by atoms with Gasteiger partial charge in [0.15, 0.2) is 0 Å². The summed E-state index contributed by atoms with van der Waals surface area (Å²) in [6, 6.07) is 22.3. The van der Waals surface area contributed by atoms with Crippen molar-refractivity contribution in [2.75, 3.05) is 0 Å². The van der Waals surface area contributed by atoms with Gasteiger partial charge in [-0.25, -0.2) is 0 Å². The first-order valence-corrected chi connectivity index (χ1v) is 8.89. The Balaban J connectivity index is 2.49. The van der Waals surface area contributed by atoms with Gasteiger partial charge in [0.1, 0.15) is 0 Å². The third-order valence-corrected chi connectivity index (χ3v) is 5.33. The van der Waals surface area contributed by atoms with Gasteiger partial charge in [-0.1, -0.05) is 94.3 Å². The van der Waals surface area contributed by atoms with Crippen LogP contribution in [0.3, 0.4) is 0 Å². The van der Waals surface area contributed by atoms with Crippen molar-refractivity contribution in [1.82, 2.24) is 0 Å². The summed E-state index contributed by atoms with van der Waals surface area (Å²) in [7, 11) is 0. The SMILES string of the molecule is CCCCC(c1ccccc1)C(CC)(CC)c1ccccc1. The van der Waals surface area contributed by atoms with E-state index in [0.717, 1.165) is 0 Å². The summed E-state index contributed by atoms with van der Waals surface area (Å²) < 4.78 is 0. The number of hydrogen-bond acceptors (Lipinski definition) is 0. The van der Waals surface area contributed by atoms with E-state index in [-0.39, 0.29) is 5.41 Å². The minimum atomic E-state index is 0.248. The van der Waals surface area contributed by atoms with Crippen LogP contribution in [0.1, 0.15) is 69.9 Å². The highest BCUT2D eigenvalue weighted by Crippen LogP contribution is 2.47. The van der Waals surface area contributed by atoms with E-state index in [9.17, 15) is 0 Å². The molecule has 0 amide bonds. The fourth-order valence-electron chi connectivity index (χ4n) is 3.98. The maximum Gasteiger partial charge on any atom is 0.00164 e. The quantitative estimate of drug-likeness (QED) is 0.507. The van der Waals surface area contributed by atoms with E-state index in [1.54, 1.807) is 0 Å². The smallest absolute Gasteiger partial charge is 0.00164 e. The molecule has 0 nitrogen and oxygen atoms in total. The van der Waals surface area contributed by atoms with Crippen molar-refractivity contribution < 1.29 is 0 Å². The van der Waals surface area contributed by atoms with E-state index < -0.39 is 0 Å². The molecule has 0 heteroatoms. The third kappa shape index (κ3) is 3.43. The summed E-state index contributed by atoms with van der Waals surface area (Å²) in [6.07, 6.45) is 6.22. The van der Waals surface area contributed by atoms with Gasteiger partial charge >= 0.3 is 0 Å². The first kappa shape index (κ1) is 16.8. The third-order valence-electron chi connectivity index (χ3n) is 5.33. The average Bonchev–Trinajstić information content (AvgIpc) is 2.60. The van der Waals surface area contributed by atoms with Crippen molar-refractivity contribution in [1.29, 1.82) is 0 Å². The second kappa shape index (κ2) is 8.17. The van der Waals surface area contributed by atoms with Crippen LogP contribution in [0.15, 0.2) is 60.7 Å². The molecule has 0 saturated heterocycles. The van der Waals surface area contributed by atoms with Gasteiger partial charge in [-0.2, -0.15) is 0 Å². The molecule has 0 radical (unpaired) electrons. The van der Waals surface area contributed by atoms with Gasteiger partial charge in [0, 0.05) is 5.41 Å². The first-order chi connectivity index (χ1) is 10.8. The molecular weight excluding hydrogens is 264 g/mol. The zero-order chi connectivity index (χ0) is 15.8. The summed E-state index contributed by atoms with van der Waals surface area (Å²) in [5, 5.41) is 0. The highest BCUT2D eigenvalue weighted by atomic mass is 14.4. The van der Waals surface area contributed by atoms with E-state index in [4.69, 9.17) is 0 Å². The number of hydrogen-bond donors (Lipinski definition) is 0. The van der Waals surface area contributed by atoms with E-state index in [2.05, 4.69) is 81.4 Å². The number of unbranched alkanes of at least 4 members (excludes halogenated alkanes) is 1. The Morgan fingerprint density at radius 2 is 1.32 bits per heavy atom. The standard InChI is InChI=1S/C22H30/c1-4-7-18-21(19-14-10-8-11-15-19)22(5-2,6-3)20-16-12-9-13-17-20/h8-17,21H,4-7,18H2,1-3H3. The summed E-state index contributed by atoms with van der Waals surface area (Å²) in [5.41, 5.74) is 3.26. The predicted molar refractivity (Wildman–Crippen MR) is 97.4 cm³/mol. The Hall–Kier alpha value is -1.56. The van der Waals surface area contributed by atoms with E-state index in [1.807, 2.05) is 0 Å². The fourth-order valence-corrected chi connectivity index (χ4v) is 3.98. The summed E-state index contributed by atoms with van der Waals surface area (Å²) in [4.78, 5) is 0. The molecule has 2 rings (SSSR count). The number of rotatable bonds is 8. The average molecular weight is 294 g/mol. The van der Waals surface area contributed by atoms with Crippen LogP contribution >= 0.6 is 0 Å². The van der Waals surface area contributed by atoms with Crippen LogP contribution in [-0.4, -0.2) is 0 Å². The van der Waals surface area contributed by atoms with Crippen LogP contribution in [0.5, 0.6) is 0 Å². The molecule has 0 saturated carbocycles. The first-order valence-electron chi connectivity index (χ1n) is 8.89. The van der Waals surface area contributed by atoms with Gasteiger partial charge in [0.25, 0.3) is 0 Å². The molecule has 0 aliphatic rings. The Kier molecular flexibility index (Phi) is 6.24. The summed E-state index contributed by atoms with van der Waals surface area (Å²) in [6.45, 7) is 7.01. The zero-order valence-corrected chi connectivity index (χ0v) is 14.4. The molecule has 22 heavy (non-hydrogen) atoms. The molecule has 2 aromatic carbocycles. The van der Waals surface area contributed by atoms with Gasteiger partial charge in [0.05, 0.1) is 0 Å². The molecule has 0 N–H and O–H groups in total. The highest BCUT2D eigenvalue weighted by Gasteiger charge is 2.37. The van der Waals surface area contributed by atoms with Crippen molar-refractivity contribution in [2.45, 2.75) is 64.2 Å². The van der Waals surface area contributed by atoms with Crippen molar-refractivity contribution in [3.05, 3.63) is 71.8 Å². The van der Waals surface area contributed by atoms with E-state index >= 15 is 0 Å². The number of benzene rings is 2. The van der Waals surface area contributed by atoms with Gasteiger partial charge in [-0.3, -0.25) is 0 Å². The molecule has 0 spiro atoms. The van der Waals surface area contributed by atoms with Gasteiger partial charge in [-0.15, -0.1) is 0 Å². The summed E-state index contributed by atoms with van der Waals surface area (Å²) >= 11 is 0. The molecular formula is C22H30. The second-order valence-electron chi connectivity index (χ2n) is 6.33. The van der Waals surface area contributed by atoms with Crippen LogP contribution in [0.25, 0.3) is 0 Å². The monoisotopic (exact) mass is 294 g/mol. The molecule has 0 fully saturated rings. The van der Waals surface area contributed by atoms with Gasteiger partial charge in [-0.05, 0) is 36.3 Å². The minimum absolute atomic E-state index is 0.248. The van der Waals surface area contributed by atoms with Crippen molar-refractivity contribution in [3.8, 4) is 0 Å². The fraction of sp³-hybridized carbons (Fsp3) is 0.455. The lowest BCUT2D eigenvalue weighted by Gasteiger charge is -2.41. The van der Waals surface area contributed by atoms with E-state index in [0.29, 0.717) is 5.92 Å². The topological polar surface area (TPSA) is 0 Å². The predicted octanol–water partition coefficient (Wildman–Crippen LogP) is 6.72. The summed E-state index contributed by atoms with van der Waals surface area (Å²) in [5.74, 6) is 0.603. The van der Waals surface area contributed by atoms with Crippen LogP contribution in [-0.2, 0) is 5.41 Å². The largest absolute Gasteiger partial charge is 0.0654 e. The molecule has 1 atom stereocenters. The van der Waals surface area contributed by atoms with Crippen molar-refractivity contribution in [3.63, 3.8) is 0 Å². The Morgan fingerprint density at radius 1 is 0.773 bits per heavy atom. The molecule has 118 valence electrons. The lowest BCUT2D eigenvalue weighted by molar-refractivity contribution is 0.298. The van der Waals surface area contributed by atoms with Crippen LogP contribution in [0.2, 0.25) is 0 Å². The normalized spacial score (nSPS) is 13.0. The molecule has 0 aliphatic heterocycles. The Labute approximate surface area is 136 Å². The molecule has 0 heterocycles. The molecule has 0 aromatic heterocycles. The van der Waals surface area contributed by atoms with Gasteiger partial charge < -0.3 is 0 Å². The molecule has 2 aromatic rings. The van der Waals surface area contributed by atoms with E-state index in [1.165, 1.54) is 43.2 Å². The Bertz CT molecular complexity index is 522. The van der Waals surface area contributed by atoms with Crippen LogP contribution in [0, 0.1) is 0 Å². The lowest BCUT2D eigenvalue weighted by Crippen LogP contribution is -2.32. The second-order valence-corrected chi connectivity index (χ2v) is 6.33. The maximum atomic E-state index is 2.36. The maximum absolute atomic E-state index is 2.36. The van der Waals surface area contributed by atoms with Gasteiger partial charge in [0.2, 0.25) is 0 Å². The van der Waals surface area contributed by atoms with Crippen molar-refractivity contribution in [2.24, 2.45) is 0 Å². The molecule has 0 aliphatic carbocycles. The van der Waals surface area contributed by atoms with Crippen LogP contribution < -0.4 is 0 Å².